The lowest BCUT2D eigenvalue weighted by Gasteiger charge is -2.34. The fourth-order valence-corrected chi connectivity index (χ4v) is 3.24. The minimum Gasteiger partial charge on any atom is -0.357 e. The highest BCUT2D eigenvalue weighted by molar-refractivity contribution is 14.0. The van der Waals surface area contributed by atoms with Crippen LogP contribution in [0.15, 0.2) is 36.0 Å². The van der Waals surface area contributed by atoms with Crippen molar-refractivity contribution in [1.29, 1.82) is 0 Å². The summed E-state index contributed by atoms with van der Waals surface area (Å²) < 4.78 is 0. The van der Waals surface area contributed by atoms with Crippen molar-refractivity contribution in [3.05, 3.63) is 36.5 Å². The van der Waals surface area contributed by atoms with Crippen molar-refractivity contribution in [1.82, 2.24) is 20.1 Å². The lowest BCUT2D eigenvalue weighted by atomic mass is 10.2. The van der Waals surface area contributed by atoms with Crippen molar-refractivity contribution in [3.8, 4) is 0 Å². The van der Waals surface area contributed by atoms with Crippen LogP contribution in [0.4, 0.5) is 5.82 Å². The van der Waals surface area contributed by atoms with Gasteiger partial charge in [0.15, 0.2) is 5.96 Å². The Balaban J connectivity index is 0.00000392. The molecule has 2 rings (SSSR count). The second kappa shape index (κ2) is 13.8. The van der Waals surface area contributed by atoms with E-state index < -0.39 is 0 Å². The molecule has 28 heavy (non-hydrogen) atoms. The van der Waals surface area contributed by atoms with Gasteiger partial charge in [-0.25, -0.2) is 9.98 Å². The standard InChI is InChI=1S/C21H36N6.HI/c1-5-8-9-12-25(4)21(22-6-2)24-18-19-10-11-23-20(17-19)27-15-13-26(7-3)14-16-27;/h5,10-11,17H,1,6-9,12-16,18H2,2-4H3,(H,22,24);1H. The van der Waals surface area contributed by atoms with Crippen molar-refractivity contribution in [2.24, 2.45) is 4.99 Å². The summed E-state index contributed by atoms with van der Waals surface area (Å²) in [4.78, 5) is 16.5. The van der Waals surface area contributed by atoms with E-state index in [-0.39, 0.29) is 24.0 Å². The van der Waals surface area contributed by atoms with Gasteiger partial charge in [0.25, 0.3) is 0 Å². The highest BCUT2D eigenvalue weighted by atomic mass is 127. The molecular weight excluding hydrogens is 463 g/mol. The number of nitrogens with zero attached hydrogens (tertiary/aromatic N) is 5. The first-order chi connectivity index (χ1) is 13.2. The van der Waals surface area contributed by atoms with E-state index in [4.69, 9.17) is 4.99 Å². The molecule has 1 aromatic rings. The Labute approximate surface area is 188 Å². The molecule has 1 aliphatic heterocycles. The SMILES string of the molecule is C=CCCCN(C)C(=NCc1ccnc(N2CCN(CC)CC2)c1)NCC.I. The summed E-state index contributed by atoms with van der Waals surface area (Å²) in [7, 11) is 2.09. The number of allylic oxidation sites excluding steroid dienone is 1. The van der Waals surface area contributed by atoms with Gasteiger partial charge in [0.05, 0.1) is 6.54 Å². The van der Waals surface area contributed by atoms with Crippen molar-refractivity contribution < 1.29 is 0 Å². The average molecular weight is 500 g/mol. The molecule has 158 valence electrons. The van der Waals surface area contributed by atoms with E-state index in [2.05, 4.69) is 64.6 Å². The quantitative estimate of drug-likeness (QED) is 0.186. The van der Waals surface area contributed by atoms with Gasteiger partial charge in [-0.1, -0.05) is 13.0 Å². The molecule has 1 saturated heterocycles. The summed E-state index contributed by atoms with van der Waals surface area (Å²) in [6.07, 6.45) is 6.00. The van der Waals surface area contributed by atoms with E-state index in [1.54, 1.807) is 0 Å². The average Bonchev–Trinajstić information content (AvgIpc) is 2.71. The maximum absolute atomic E-state index is 4.83. The molecule has 0 aliphatic carbocycles. The van der Waals surface area contributed by atoms with Gasteiger partial charge in [0.1, 0.15) is 5.82 Å². The van der Waals surface area contributed by atoms with Gasteiger partial charge in [0.2, 0.25) is 0 Å². The second-order valence-electron chi connectivity index (χ2n) is 6.97. The predicted octanol–water partition coefficient (Wildman–Crippen LogP) is 3.21. The van der Waals surface area contributed by atoms with Crippen molar-refractivity contribution >= 4 is 35.8 Å². The smallest absolute Gasteiger partial charge is 0.193 e. The minimum absolute atomic E-state index is 0. The van der Waals surface area contributed by atoms with E-state index >= 15 is 0 Å². The molecule has 7 heteroatoms. The molecule has 1 aromatic heterocycles. The van der Waals surface area contributed by atoms with E-state index in [0.29, 0.717) is 6.54 Å². The Morgan fingerprint density at radius 2 is 2.07 bits per heavy atom. The number of guanidine groups is 1. The van der Waals surface area contributed by atoms with E-state index in [1.807, 2.05) is 12.3 Å². The number of piperazine rings is 1. The topological polar surface area (TPSA) is 47.0 Å². The largest absolute Gasteiger partial charge is 0.357 e. The van der Waals surface area contributed by atoms with E-state index in [1.165, 1.54) is 5.56 Å². The number of aromatic nitrogens is 1. The summed E-state index contributed by atoms with van der Waals surface area (Å²) in [5, 5.41) is 3.39. The number of aliphatic imine (C=N–C) groups is 1. The van der Waals surface area contributed by atoms with Crippen LogP contribution in [0, 0.1) is 0 Å². The van der Waals surface area contributed by atoms with Gasteiger partial charge in [0, 0.05) is 52.5 Å². The van der Waals surface area contributed by atoms with Crippen LogP contribution >= 0.6 is 24.0 Å². The number of pyridine rings is 1. The summed E-state index contributed by atoms with van der Waals surface area (Å²) in [6.45, 7) is 16.1. The molecule has 2 heterocycles. The van der Waals surface area contributed by atoms with Crippen LogP contribution in [0.1, 0.15) is 32.3 Å². The van der Waals surface area contributed by atoms with Crippen LogP contribution in [0.25, 0.3) is 0 Å². The number of anilines is 1. The molecular formula is C21H37IN6. The number of rotatable bonds is 9. The first-order valence-electron chi connectivity index (χ1n) is 10.2. The first kappa shape index (κ1) is 24.7. The normalized spacial score (nSPS) is 15.1. The zero-order chi connectivity index (χ0) is 19.5. The third-order valence-corrected chi connectivity index (χ3v) is 4.96. The number of likely N-dealkylation sites (N-methyl/N-ethyl adjacent to an activating group) is 1. The van der Waals surface area contributed by atoms with E-state index in [0.717, 1.165) is 70.4 Å². The molecule has 0 unspecified atom stereocenters. The number of hydrogen-bond acceptors (Lipinski definition) is 4. The monoisotopic (exact) mass is 500 g/mol. The Kier molecular flexibility index (Phi) is 12.1. The fourth-order valence-electron chi connectivity index (χ4n) is 3.24. The number of halogens is 1. The maximum atomic E-state index is 4.83. The third-order valence-electron chi connectivity index (χ3n) is 4.96. The number of unbranched alkanes of at least 4 members (excludes halogenated alkanes) is 1. The molecule has 0 atom stereocenters. The molecule has 1 aliphatic rings. The highest BCUT2D eigenvalue weighted by Crippen LogP contribution is 2.16. The summed E-state index contributed by atoms with van der Waals surface area (Å²) in [6, 6.07) is 4.25. The van der Waals surface area contributed by atoms with Gasteiger partial charge >= 0.3 is 0 Å². The van der Waals surface area contributed by atoms with Gasteiger partial charge in [-0.2, -0.15) is 0 Å². The molecule has 0 saturated carbocycles. The summed E-state index contributed by atoms with van der Waals surface area (Å²) >= 11 is 0. The summed E-state index contributed by atoms with van der Waals surface area (Å²) in [5.41, 5.74) is 1.20. The molecule has 0 bridgehead atoms. The molecule has 0 spiro atoms. The van der Waals surface area contributed by atoms with Gasteiger partial charge in [-0.05, 0) is 44.0 Å². The Bertz CT molecular complexity index is 598. The Morgan fingerprint density at radius 3 is 2.71 bits per heavy atom. The Hall–Kier alpha value is -1.35. The van der Waals surface area contributed by atoms with Crippen molar-refractivity contribution in [2.75, 3.05) is 57.8 Å². The lowest BCUT2D eigenvalue weighted by molar-refractivity contribution is 0.270. The van der Waals surface area contributed by atoms with Gasteiger partial charge in [-0.15, -0.1) is 30.6 Å². The van der Waals surface area contributed by atoms with Crippen LogP contribution in [-0.4, -0.2) is 73.6 Å². The molecule has 1 N–H and O–H groups in total. The predicted molar refractivity (Wildman–Crippen MR) is 131 cm³/mol. The van der Waals surface area contributed by atoms with Gasteiger partial charge in [-0.3, -0.25) is 0 Å². The zero-order valence-electron chi connectivity index (χ0n) is 17.7. The first-order valence-corrected chi connectivity index (χ1v) is 10.2. The molecule has 0 amide bonds. The van der Waals surface area contributed by atoms with Crippen molar-refractivity contribution in [2.45, 2.75) is 33.2 Å². The van der Waals surface area contributed by atoms with Crippen LogP contribution in [-0.2, 0) is 6.54 Å². The lowest BCUT2D eigenvalue weighted by Crippen LogP contribution is -2.46. The van der Waals surface area contributed by atoms with E-state index in [9.17, 15) is 0 Å². The second-order valence-corrected chi connectivity index (χ2v) is 6.97. The fraction of sp³-hybridized carbons (Fsp3) is 0.619. The van der Waals surface area contributed by atoms with Crippen LogP contribution in [0.2, 0.25) is 0 Å². The molecule has 1 fully saturated rings. The third kappa shape index (κ3) is 7.95. The molecule has 0 aromatic carbocycles. The summed E-state index contributed by atoms with van der Waals surface area (Å²) in [5.74, 6) is 2.03. The molecule has 0 radical (unpaired) electrons. The molecule has 6 nitrogen and oxygen atoms in total. The minimum atomic E-state index is 0. The zero-order valence-corrected chi connectivity index (χ0v) is 20.1. The van der Waals surface area contributed by atoms with Gasteiger partial charge < -0.3 is 20.0 Å². The van der Waals surface area contributed by atoms with Crippen LogP contribution in [0.3, 0.4) is 0 Å². The van der Waals surface area contributed by atoms with Crippen LogP contribution < -0.4 is 10.2 Å². The Morgan fingerprint density at radius 1 is 1.32 bits per heavy atom. The maximum Gasteiger partial charge on any atom is 0.193 e. The number of nitrogens with one attached hydrogen (secondary N) is 1. The van der Waals surface area contributed by atoms with Crippen molar-refractivity contribution in [3.63, 3.8) is 0 Å². The number of hydrogen-bond donors (Lipinski definition) is 1. The highest BCUT2D eigenvalue weighted by Gasteiger charge is 2.16. The van der Waals surface area contributed by atoms with Crippen LogP contribution in [0.5, 0.6) is 0 Å².